The van der Waals surface area contributed by atoms with E-state index in [2.05, 4.69) is 20.3 Å². The molecular weight excluding hydrogens is 860 g/mol. The molecule has 2 aliphatic rings. The topological polar surface area (TPSA) is 362 Å². The molecule has 0 amide bonds. The smallest absolute Gasteiger partial charge is 0.862 e. The maximum atomic E-state index is 12.6. The Morgan fingerprint density at radius 3 is 1.85 bits per heavy atom. The van der Waals surface area contributed by atoms with Gasteiger partial charge in [-0.2, -0.15) is 8.42 Å². The number of aliphatic imine (C=N–C) groups is 1. The molecule has 0 aliphatic carbocycles. The van der Waals surface area contributed by atoms with Gasteiger partial charge in [-0.05, 0) is 26.2 Å². The first-order valence-corrected chi connectivity index (χ1v) is 21.1. The van der Waals surface area contributed by atoms with Gasteiger partial charge >= 0.3 is 69.5 Å². The molecule has 0 aromatic carbocycles. The zero-order valence-electron chi connectivity index (χ0n) is 34.1. The van der Waals surface area contributed by atoms with Crippen molar-refractivity contribution in [1.29, 1.82) is 0 Å². The van der Waals surface area contributed by atoms with Gasteiger partial charge in [-0.25, -0.2) is 12.6 Å². The molecule has 0 aromatic rings. The van der Waals surface area contributed by atoms with Gasteiger partial charge in [0.1, 0.15) is 42.7 Å². The largest absolute Gasteiger partial charge is 1.00 e. The Bertz CT molecular complexity index is 1400. The zero-order valence-corrected chi connectivity index (χ0v) is 39.8. The van der Waals surface area contributed by atoms with Crippen LogP contribution >= 0.6 is 0 Å². The van der Waals surface area contributed by atoms with Crippen LogP contribution in [-0.4, -0.2) is 195 Å². The van der Waals surface area contributed by atoms with Crippen LogP contribution in [0.3, 0.4) is 0 Å². The maximum Gasteiger partial charge on any atom is 1.00 e. The first-order valence-electron chi connectivity index (χ1n) is 18.4. The number of hydrogen-bond donors (Lipinski definition) is 8. The summed E-state index contributed by atoms with van der Waals surface area (Å²) in [4.78, 5) is 4.12. The zero-order chi connectivity index (χ0) is 43.0. The predicted molar refractivity (Wildman–Crippen MR) is 189 cm³/mol. The standard InChI is InChI=1S/C32H61NO22S2.2Na/c1-4-5-6-7-8-9-10-49-29-23(33-21(3)38)28(55-30-26(41)25(40)24(39)20(2)53-30)27(50-17-32(14-36,15-37)19-52-57(45,46)47)22(54-29)11-48-16-31(12-34,13-35)18-51-56(42,43)44;;/h20,22-30,34-37,39-41H,4-19H2,1-3H3,(H,33,38)(H,42,43,44)(H,45,46,47);;/q;2*+1/p-2/t20-,22+,23+,24+,25+,26-,27+,28+,29-,30-;;/m0../s1. The predicted octanol–water partition coefficient (Wildman–Crippen LogP) is -9.90. The molecule has 59 heavy (non-hydrogen) atoms. The summed E-state index contributed by atoms with van der Waals surface area (Å²) < 4.78 is 110. The third-order valence-electron chi connectivity index (χ3n) is 9.46. The summed E-state index contributed by atoms with van der Waals surface area (Å²) in [6, 6.07) is -1.46. The van der Waals surface area contributed by atoms with Gasteiger partial charge in [0.2, 0.25) is 10.4 Å². The average molecular weight is 920 g/mol. The van der Waals surface area contributed by atoms with Crippen LogP contribution in [0.5, 0.6) is 0 Å². The van der Waals surface area contributed by atoms with Crippen molar-refractivity contribution in [3.8, 4) is 0 Å². The SMILES string of the molecule is CCCCCCCCO[C@H]1O[C@H](COCC(CO)(CO)COS(=O)(=O)[O-])[C@@H](OCC(CO)(CO)COS(=O)(=O)O)[C@H](O[C@@H]2O[C@@H](C)[C@@H](O)[C@@H](O)[C@@H]2O)[C@H]1N=C(C)[O-].[Na+].[Na+]. The Balaban J connectivity index is 0.0000168. The Labute approximate surface area is 389 Å². The van der Waals surface area contributed by atoms with Crippen molar-refractivity contribution in [3.05, 3.63) is 0 Å². The second kappa shape index (κ2) is 28.6. The first-order chi connectivity index (χ1) is 26.7. The van der Waals surface area contributed by atoms with Crippen LogP contribution in [0.15, 0.2) is 4.99 Å². The summed E-state index contributed by atoms with van der Waals surface area (Å²) in [5.74, 6) is -0.765. The van der Waals surface area contributed by atoms with Crippen molar-refractivity contribution in [1.82, 2.24) is 0 Å². The summed E-state index contributed by atoms with van der Waals surface area (Å²) in [5.41, 5.74) is -3.81. The van der Waals surface area contributed by atoms with E-state index < -0.39 is 158 Å². The molecule has 27 heteroatoms. The molecule has 2 rings (SSSR count). The van der Waals surface area contributed by atoms with Gasteiger partial charge in [-0.3, -0.25) is 13.7 Å². The molecule has 8 N–H and O–H groups in total. The molecular formula is C32H59NNa2O22S2. The third-order valence-corrected chi connectivity index (χ3v) is 10.3. The molecule has 0 bridgehead atoms. The molecule has 338 valence electrons. The molecule has 2 saturated heterocycles. The normalized spacial score (nSPS) is 28.5. The van der Waals surface area contributed by atoms with E-state index in [-0.39, 0.29) is 65.7 Å². The van der Waals surface area contributed by atoms with Gasteiger partial charge in [0.15, 0.2) is 12.6 Å². The Morgan fingerprint density at radius 2 is 1.31 bits per heavy atom. The van der Waals surface area contributed by atoms with E-state index in [1.165, 1.54) is 6.92 Å². The van der Waals surface area contributed by atoms with Gasteiger partial charge in [-0.1, -0.05) is 39.0 Å². The van der Waals surface area contributed by atoms with Crippen LogP contribution in [0.4, 0.5) is 0 Å². The van der Waals surface area contributed by atoms with E-state index in [4.69, 9.17) is 28.4 Å². The minimum absolute atomic E-state index is 0. The number of unbranched alkanes of at least 4 members (excludes halogenated alkanes) is 5. The Kier molecular flexibility index (Phi) is 28.9. The van der Waals surface area contributed by atoms with Crippen molar-refractivity contribution in [2.24, 2.45) is 15.8 Å². The van der Waals surface area contributed by atoms with E-state index in [9.17, 15) is 66.8 Å². The van der Waals surface area contributed by atoms with Crippen molar-refractivity contribution in [2.45, 2.75) is 121 Å². The second-order valence-corrected chi connectivity index (χ2v) is 16.5. The van der Waals surface area contributed by atoms with E-state index in [1.54, 1.807) is 0 Å². The molecule has 0 radical (unpaired) electrons. The monoisotopic (exact) mass is 919 g/mol. The summed E-state index contributed by atoms with van der Waals surface area (Å²) >= 11 is 0. The van der Waals surface area contributed by atoms with Gasteiger partial charge in [0, 0.05) is 6.61 Å². The first kappa shape index (κ1) is 59.7. The van der Waals surface area contributed by atoms with Crippen LogP contribution < -0.4 is 64.2 Å². The number of aliphatic hydroxyl groups is 7. The fourth-order valence-corrected chi connectivity index (χ4v) is 6.63. The van der Waals surface area contributed by atoms with Crippen molar-refractivity contribution in [2.75, 3.05) is 66.1 Å². The Morgan fingerprint density at radius 1 is 0.746 bits per heavy atom. The fourth-order valence-electron chi connectivity index (χ4n) is 5.84. The van der Waals surface area contributed by atoms with Crippen LogP contribution in [0, 0.1) is 10.8 Å². The van der Waals surface area contributed by atoms with E-state index in [0.29, 0.717) is 6.42 Å². The molecule has 10 atom stereocenters. The Hall–Kier alpha value is 0.690. The van der Waals surface area contributed by atoms with E-state index >= 15 is 0 Å². The molecule has 2 heterocycles. The third kappa shape index (κ3) is 20.2. The summed E-state index contributed by atoms with van der Waals surface area (Å²) in [6.45, 7) is -3.35. The molecule has 2 aliphatic heterocycles. The van der Waals surface area contributed by atoms with Crippen molar-refractivity contribution >= 4 is 26.7 Å². The number of nitrogens with zero attached hydrogens (tertiary/aromatic N) is 1. The second-order valence-electron chi connectivity index (χ2n) is 14.4. The molecule has 0 unspecified atom stereocenters. The molecule has 0 spiro atoms. The minimum Gasteiger partial charge on any atom is -0.862 e. The van der Waals surface area contributed by atoms with Gasteiger partial charge in [0.05, 0.1) is 76.4 Å². The van der Waals surface area contributed by atoms with Crippen LogP contribution in [0.25, 0.3) is 0 Å². The van der Waals surface area contributed by atoms with E-state index in [0.717, 1.165) is 39.0 Å². The fraction of sp³-hybridized carbons (Fsp3) is 0.969. The quantitative estimate of drug-likeness (QED) is 0.00902. The van der Waals surface area contributed by atoms with Gasteiger partial charge < -0.3 is 73.8 Å². The van der Waals surface area contributed by atoms with Gasteiger partial charge in [-0.15, -0.1) is 0 Å². The number of aliphatic hydroxyl groups excluding tert-OH is 7. The molecule has 0 saturated carbocycles. The maximum absolute atomic E-state index is 12.6. The van der Waals surface area contributed by atoms with E-state index in [1.807, 2.05) is 0 Å². The van der Waals surface area contributed by atoms with Gasteiger partial charge in [0.25, 0.3) is 0 Å². The summed E-state index contributed by atoms with van der Waals surface area (Å²) in [6.07, 6.45) is -8.94. The molecule has 2 fully saturated rings. The van der Waals surface area contributed by atoms with Crippen molar-refractivity contribution < 1.29 is 163 Å². The number of rotatable bonds is 28. The van der Waals surface area contributed by atoms with Crippen LogP contribution in [0.1, 0.15) is 59.3 Å². The molecule has 23 nitrogen and oxygen atoms in total. The van der Waals surface area contributed by atoms with Crippen LogP contribution in [-0.2, 0) is 57.6 Å². The summed E-state index contributed by atoms with van der Waals surface area (Å²) in [5, 5.41) is 84.8. The average Bonchev–Trinajstić information content (AvgIpc) is 3.15. The minimum atomic E-state index is -5.26. The summed E-state index contributed by atoms with van der Waals surface area (Å²) in [7, 11) is -10.4. The molecule has 0 aromatic heterocycles. The number of ether oxygens (including phenoxy) is 6. The van der Waals surface area contributed by atoms with Crippen molar-refractivity contribution in [3.63, 3.8) is 0 Å². The van der Waals surface area contributed by atoms with Crippen LogP contribution in [0.2, 0.25) is 0 Å². The number of hydrogen-bond acceptors (Lipinski definition) is 22.